The van der Waals surface area contributed by atoms with Gasteiger partial charge in [-0.3, -0.25) is 10.1 Å². The van der Waals surface area contributed by atoms with E-state index in [1.165, 1.54) is 11.8 Å². The summed E-state index contributed by atoms with van der Waals surface area (Å²) in [4.78, 5) is 20.6. The van der Waals surface area contributed by atoms with Crippen LogP contribution in [0.2, 0.25) is 0 Å². The van der Waals surface area contributed by atoms with Gasteiger partial charge in [-0.15, -0.1) is 0 Å². The quantitative estimate of drug-likeness (QED) is 0.496. The fourth-order valence-electron chi connectivity index (χ4n) is 2.34. The normalized spacial score (nSPS) is 11.2. The van der Waals surface area contributed by atoms with Crippen LogP contribution in [-0.2, 0) is 12.8 Å². The van der Waals surface area contributed by atoms with Crippen molar-refractivity contribution in [3.63, 3.8) is 0 Å². The molecule has 1 N–H and O–H groups in total. The predicted octanol–water partition coefficient (Wildman–Crippen LogP) is 4.45. The molecule has 27 heavy (non-hydrogen) atoms. The minimum atomic E-state index is -0.980. The van der Waals surface area contributed by atoms with Gasteiger partial charge in [0.25, 0.3) is 5.91 Å². The standard InChI is InChI=1S/C17H12F2N4O2S2/c1-23-5-4-20-17(23)26-8-9-2-3-13(25-9)15(24)22-16-21-12-6-10(18)11(19)7-14(12)27-16/h2-7H,8H2,1H3,(H,21,22,24). The summed E-state index contributed by atoms with van der Waals surface area (Å²) in [6.07, 6.45) is 3.55. The van der Waals surface area contributed by atoms with Crippen molar-refractivity contribution >= 4 is 44.4 Å². The Morgan fingerprint density at radius 1 is 1.33 bits per heavy atom. The molecule has 0 fully saturated rings. The van der Waals surface area contributed by atoms with Crippen LogP contribution < -0.4 is 5.32 Å². The molecular formula is C17H12F2N4O2S2. The molecule has 0 spiro atoms. The molecule has 1 amide bonds. The molecule has 0 bridgehead atoms. The summed E-state index contributed by atoms with van der Waals surface area (Å²) in [6, 6.07) is 5.33. The van der Waals surface area contributed by atoms with Crippen molar-refractivity contribution in [1.82, 2.24) is 14.5 Å². The highest BCUT2D eigenvalue weighted by molar-refractivity contribution is 7.98. The Morgan fingerprint density at radius 3 is 2.93 bits per heavy atom. The average Bonchev–Trinajstić information content (AvgIpc) is 3.34. The molecule has 3 heterocycles. The summed E-state index contributed by atoms with van der Waals surface area (Å²) >= 11 is 2.54. The number of fused-ring (bicyclic) bond motifs is 1. The number of thiazole rings is 1. The molecule has 6 nitrogen and oxygen atoms in total. The van der Waals surface area contributed by atoms with E-state index in [0.29, 0.717) is 16.2 Å². The highest BCUT2D eigenvalue weighted by Gasteiger charge is 2.15. The van der Waals surface area contributed by atoms with Gasteiger partial charge >= 0.3 is 0 Å². The molecule has 0 saturated heterocycles. The van der Waals surface area contributed by atoms with E-state index in [2.05, 4.69) is 15.3 Å². The van der Waals surface area contributed by atoms with Gasteiger partial charge < -0.3 is 8.98 Å². The Hall–Kier alpha value is -2.72. The number of rotatable bonds is 5. The number of hydrogen-bond donors (Lipinski definition) is 1. The van der Waals surface area contributed by atoms with Crippen LogP contribution in [0.15, 0.2) is 46.2 Å². The maximum Gasteiger partial charge on any atom is 0.293 e. The molecule has 3 aromatic heterocycles. The Morgan fingerprint density at radius 2 is 2.15 bits per heavy atom. The van der Waals surface area contributed by atoms with Gasteiger partial charge in [0.1, 0.15) is 5.76 Å². The number of nitrogens with one attached hydrogen (secondary N) is 1. The SMILES string of the molecule is Cn1ccnc1SCc1ccc(C(=O)Nc2nc3cc(F)c(F)cc3s2)o1. The second-order valence-electron chi connectivity index (χ2n) is 5.58. The number of thioether (sulfide) groups is 1. The summed E-state index contributed by atoms with van der Waals surface area (Å²) in [5.41, 5.74) is 0.279. The average molecular weight is 406 g/mol. The summed E-state index contributed by atoms with van der Waals surface area (Å²) in [7, 11) is 1.89. The number of anilines is 1. The predicted molar refractivity (Wildman–Crippen MR) is 99.0 cm³/mol. The van der Waals surface area contributed by atoms with Crippen molar-refractivity contribution in [3.05, 3.63) is 59.8 Å². The lowest BCUT2D eigenvalue weighted by Gasteiger charge is -2.00. The first kappa shape index (κ1) is 17.7. The maximum atomic E-state index is 13.3. The monoisotopic (exact) mass is 406 g/mol. The van der Waals surface area contributed by atoms with E-state index in [4.69, 9.17) is 4.42 Å². The highest BCUT2D eigenvalue weighted by atomic mass is 32.2. The van der Waals surface area contributed by atoms with Crippen LogP contribution in [0.3, 0.4) is 0 Å². The number of halogens is 2. The van der Waals surface area contributed by atoms with Gasteiger partial charge in [0.05, 0.1) is 16.0 Å². The number of imidazole rings is 1. The second kappa shape index (κ2) is 7.12. The molecule has 1 aromatic carbocycles. The van der Waals surface area contributed by atoms with E-state index >= 15 is 0 Å². The smallest absolute Gasteiger partial charge is 0.293 e. The van der Waals surface area contributed by atoms with Crippen LogP contribution >= 0.6 is 23.1 Å². The summed E-state index contributed by atoms with van der Waals surface area (Å²) in [5.74, 6) is -1.14. The van der Waals surface area contributed by atoms with Gasteiger partial charge in [-0.05, 0) is 18.2 Å². The molecule has 0 atom stereocenters. The third-order valence-corrected chi connectivity index (χ3v) is 5.67. The van der Waals surface area contributed by atoms with Crippen molar-refractivity contribution in [3.8, 4) is 0 Å². The van der Waals surface area contributed by atoms with Crippen molar-refractivity contribution in [1.29, 1.82) is 0 Å². The molecule has 0 aliphatic heterocycles. The molecule has 0 aliphatic rings. The Balaban J connectivity index is 1.44. The van der Waals surface area contributed by atoms with Gasteiger partial charge in [0.15, 0.2) is 27.7 Å². The largest absolute Gasteiger partial charge is 0.455 e. The van der Waals surface area contributed by atoms with Crippen LogP contribution in [0.4, 0.5) is 13.9 Å². The van der Waals surface area contributed by atoms with Crippen molar-refractivity contribution in [2.24, 2.45) is 7.05 Å². The molecule has 4 rings (SSSR count). The third kappa shape index (κ3) is 3.71. The lowest BCUT2D eigenvalue weighted by molar-refractivity contribution is 0.0995. The van der Waals surface area contributed by atoms with Gasteiger partial charge in [-0.1, -0.05) is 23.1 Å². The van der Waals surface area contributed by atoms with Crippen LogP contribution in [-0.4, -0.2) is 20.4 Å². The van der Waals surface area contributed by atoms with Gasteiger partial charge in [-0.25, -0.2) is 18.7 Å². The first-order chi connectivity index (χ1) is 13.0. The fraction of sp³-hybridized carbons (Fsp3) is 0.118. The topological polar surface area (TPSA) is 73.0 Å². The van der Waals surface area contributed by atoms with Crippen LogP contribution in [0.25, 0.3) is 10.2 Å². The molecular weight excluding hydrogens is 394 g/mol. The maximum absolute atomic E-state index is 13.3. The molecule has 4 aromatic rings. The molecule has 0 unspecified atom stereocenters. The molecule has 0 saturated carbocycles. The van der Waals surface area contributed by atoms with Crippen molar-refractivity contribution < 1.29 is 18.0 Å². The highest BCUT2D eigenvalue weighted by Crippen LogP contribution is 2.28. The fourth-order valence-corrected chi connectivity index (χ4v) is 4.03. The Kier molecular flexibility index (Phi) is 4.66. The van der Waals surface area contributed by atoms with Crippen LogP contribution in [0, 0.1) is 11.6 Å². The van der Waals surface area contributed by atoms with Crippen LogP contribution in [0.5, 0.6) is 0 Å². The molecule has 138 valence electrons. The van der Waals surface area contributed by atoms with Gasteiger partial charge in [0.2, 0.25) is 0 Å². The number of furan rings is 1. The van der Waals surface area contributed by atoms with E-state index in [1.54, 1.807) is 18.3 Å². The van der Waals surface area contributed by atoms with Gasteiger partial charge in [-0.2, -0.15) is 0 Å². The zero-order valence-corrected chi connectivity index (χ0v) is 15.5. The minimum absolute atomic E-state index is 0.127. The molecule has 0 radical (unpaired) electrons. The zero-order valence-electron chi connectivity index (χ0n) is 13.9. The number of aromatic nitrogens is 3. The number of carbonyl (C=O) groups excluding carboxylic acids is 1. The Labute approximate surface area is 160 Å². The Bertz CT molecular complexity index is 1100. The van der Waals surface area contributed by atoms with Gasteiger partial charge in [0, 0.05) is 25.5 Å². The lowest BCUT2D eigenvalue weighted by atomic mass is 10.3. The number of aryl methyl sites for hydroxylation is 1. The molecule has 10 heteroatoms. The zero-order chi connectivity index (χ0) is 19.0. The number of benzene rings is 1. The summed E-state index contributed by atoms with van der Waals surface area (Å²) in [6.45, 7) is 0. The number of amides is 1. The van der Waals surface area contributed by atoms with Crippen molar-refractivity contribution in [2.45, 2.75) is 10.9 Å². The first-order valence-corrected chi connectivity index (χ1v) is 9.55. The number of hydrogen-bond acceptors (Lipinski definition) is 6. The lowest BCUT2D eigenvalue weighted by Crippen LogP contribution is -2.10. The van der Waals surface area contributed by atoms with E-state index in [-0.39, 0.29) is 16.4 Å². The number of carbonyl (C=O) groups is 1. The van der Waals surface area contributed by atoms with E-state index in [9.17, 15) is 13.6 Å². The molecule has 0 aliphatic carbocycles. The van der Waals surface area contributed by atoms with E-state index in [1.807, 2.05) is 17.8 Å². The minimum Gasteiger partial charge on any atom is -0.455 e. The van der Waals surface area contributed by atoms with Crippen LogP contribution in [0.1, 0.15) is 16.3 Å². The number of nitrogens with zero attached hydrogens (tertiary/aromatic N) is 3. The first-order valence-electron chi connectivity index (χ1n) is 7.75. The van der Waals surface area contributed by atoms with Crippen molar-refractivity contribution in [2.75, 3.05) is 5.32 Å². The third-order valence-electron chi connectivity index (χ3n) is 3.66. The van der Waals surface area contributed by atoms with E-state index in [0.717, 1.165) is 28.6 Å². The summed E-state index contributed by atoms with van der Waals surface area (Å²) in [5, 5.41) is 3.66. The van der Waals surface area contributed by atoms with E-state index < -0.39 is 17.5 Å². The summed E-state index contributed by atoms with van der Waals surface area (Å²) < 4.78 is 34.4. The second-order valence-corrected chi connectivity index (χ2v) is 7.56.